The van der Waals surface area contributed by atoms with Gasteiger partial charge in [0.25, 0.3) is 0 Å². The van der Waals surface area contributed by atoms with E-state index in [9.17, 15) is 4.79 Å². The molecular weight excluding hydrogens is 453 g/mol. The van der Waals surface area contributed by atoms with Gasteiger partial charge in [-0.05, 0) is 32.0 Å². The molecule has 0 saturated carbocycles. The van der Waals surface area contributed by atoms with E-state index in [0.29, 0.717) is 33.0 Å². The quantitative estimate of drug-likeness (QED) is 0.509. The fourth-order valence-electron chi connectivity index (χ4n) is 3.48. The highest BCUT2D eigenvalue weighted by Gasteiger charge is 2.19. The van der Waals surface area contributed by atoms with Gasteiger partial charge in [0.05, 0.1) is 56.3 Å². The summed E-state index contributed by atoms with van der Waals surface area (Å²) in [4.78, 5) is 12.8. The summed E-state index contributed by atoms with van der Waals surface area (Å²) < 4.78 is 17.9. The van der Waals surface area contributed by atoms with Crippen LogP contribution in [-0.2, 0) is 17.8 Å². The second-order valence-corrected chi connectivity index (χ2v) is 7.96. The zero-order valence-corrected chi connectivity index (χ0v) is 20.1. The summed E-state index contributed by atoms with van der Waals surface area (Å²) in [6.45, 7) is 4.01. The molecule has 0 spiro atoms. The van der Waals surface area contributed by atoms with Gasteiger partial charge in [0.2, 0.25) is 5.91 Å². The average molecular weight is 478 g/mol. The number of carbonyl (C=O) groups excluding carboxylic acids is 1. The van der Waals surface area contributed by atoms with Gasteiger partial charge in [-0.1, -0.05) is 23.2 Å². The number of methoxy groups -OCH3 is 3. The normalized spacial score (nSPS) is 10.7. The molecule has 1 aromatic heterocycles. The summed E-state index contributed by atoms with van der Waals surface area (Å²) in [6.07, 6.45) is 0.170. The number of nitrogens with zero attached hydrogens (tertiary/aromatic N) is 2. The van der Waals surface area contributed by atoms with Crippen molar-refractivity contribution < 1.29 is 19.0 Å². The van der Waals surface area contributed by atoms with Crippen LogP contribution in [0, 0.1) is 13.8 Å². The maximum absolute atomic E-state index is 12.8. The lowest BCUT2D eigenvalue weighted by atomic mass is 10.1. The molecule has 1 amide bonds. The van der Waals surface area contributed by atoms with Crippen LogP contribution in [0.15, 0.2) is 30.3 Å². The number of carbonyl (C=O) groups is 1. The van der Waals surface area contributed by atoms with Crippen LogP contribution in [0.25, 0.3) is 5.69 Å². The molecule has 0 unspecified atom stereocenters. The molecule has 3 aromatic rings. The van der Waals surface area contributed by atoms with Gasteiger partial charge in [0.1, 0.15) is 17.2 Å². The molecule has 1 heterocycles. The third kappa shape index (κ3) is 4.95. The first kappa shape index (κ1) is 23.8. The maximum Gasteiger partial charge on any atom is 0.224 e. The molecule has 0 bridgehead atoms. The van der Waals surface area contributed by atoms with E-state index in [-0.39, 0.29) is 18.9 Å². The first-order valence-corrected chi connectivity index (χ1v) is 10.6. The molecule has 0 aliphatic rings. The summed E-state index contributed by atoms with van der Waals surface area (Å²) in [5, 5.41) is 8.54. The average Bonchev–Trinajstić information content (AvgIpc) is 3.05. The van der Waals surface area contributed by atoms with E-state index < -0.39 is 0 Å². The predicted octanol–water partition coefficient (Wildman–Crippen LogP) is 4.68. The van der Waals surface area contributed by atoms with E-state index in [4.69, 9.17) is 37.4 Å². The molecule has 0 aliphatic heterocycles. The Kier molecular flexibility index (Phi) is 7.53. The summed E-state index contributed by atoms with van der Waals surface area (Å²) in [5.41, 5.74) is 3.85. The highest BCUT2D eigenvalue weighted by Crippen LogP contribution is 2.34. The smallest absolute Gasteiger partial charge is 0.224 e. The van der Waals surface area contributed by atoms with Gasteiger partial charge in [0.15, 0.2) is 0 Å². The van der Waals surface area contributed by atoms with Crippen molar-refractivity contribution in [3.63, 3.8) is 0 Å². The second kappa shape index (κ2) is 10.1. The minimum absolute atomic E-state index is 0.155. The summed E-state index contributed by atoms with van der Waals surface area (Å²) in [6, 6.07) is 8.71. The van der Waals surface area contributed by atoms with E-state index in [1.165, 1.54) is 0 Å². The predicted molar refractivity (Wildman–Crippen MR) is 125 cm³/mol. The lowest BCUT2D eigenvalue weighted by molar-refractivity contribution is -0.120. The monoisotopic (exact) mass is 477 g/mol. The zero-order valence-electron chi connectivity index (χ0n) is 18.6. The molecule has 0 aliphatic carbocycles. The first-order valence-electron chi connectivity index (χ1n) is 9.85. The molecule has 1 N–H and O–H groups in total. The number of rotatable bonds is 8. The molecule has 170 valence electrons. The molecule has 0 fully saturated rings. The fourth-order valence-corrected chi connectivity index (χ4v) is 3.97. The van der Waals surface area contributed by atoms with Crippen molar-refractivity contribution in [1.82, 2.24) is 15.1 Å². The maximum atomic E-state index is 12.8. The zero-order chi connectivity index (χ0) is 23.4. The van der Waals surface area contributed by atoms with Gasteiger partial charge in [-0.25, -0.2) is 4.68 Å². The molecule has 0 saturated heterocycles. The van der Waals surface area contributed by atoms with E-state index in [2.05, 4.69) is 10.4 Å². The van der Waals surface area contributed by atoms with Crippen LogP contribution in [-0.4, -0.2) is 37.0 Å². The van der Waals surface area contributed by atoms with Crippen molar-refractivity contribution in [2.45, 2.75) is 26.8 Å². The second-order valence-electron chi connectivity index (χ2n) is 7.12. The van der Waals surface area contributed by atoms with E-state index in [1.54, 1.807) is 56.3 Å². The summed E-state index contributed by atoms with van der Waals surface area (Å²) in [7, 11) is 4.68. The number of aromatic nitrogens is 2. The third-order valence-corrected chi connectivity index (χ3v) is 5.73. The number of hydrogen-bond donors (Lipinski definition) is 1. The van der Waals surface area contributed by atoms with Crippen molar-refractivity contribution in [2.24, 2.45) is 0 Å². The van der Waals surface area contributed by atoms with Crippen LogP contribution in [0.4, 0.5) is 0 Å². The van der Waals surface area contributed by atoms with E-state index in [0.717, 1.165) is 22.5 Å². The molecule has 7 nitrogen and oxygen atoms in total. The van der Waals surface area contributed by atoms with Crippen molar-refractivity contribution >= 4 is 29.1 Å². The van der Waals surface area contributed by atoms with Gasteiger partial charge in [0, 0.05) is 28.4 Å². The lowest BCUT2D eigenvalue weighted by Gasteiger charge is -2.15. The Bertz CT molecular complexity index is 1120. The highest BCUT2D eigenvalue weighted by molar-refractivity contribution is 6.35. The largest absolute Gasteiger partial charge is 0.496 e. The van der Waals surface area contributed by atoms with Crippen molar-refractivity contribution in [2.75, 3.05) is 21.3 Å². The Balaban J connectivity index is 1.79. The van der Waals surface area contributed by atoms with Crippen molar-refractivity contribution in [3.8, 4) is 22.9 Å². The third-order valence-electron chi connectivity index (χ3n) is 5.20. The number of amides is 1. The minimum atomic E-state index is -0.155. The van der Waals surface area contributed by atoms with Gasteiger partial charge < -0.3 is 19.5 Å². The van der Waals surface area contributed by atoms with Gasteiger partial charge in [-0.3, -0.25) is 4.79 Å². The van der Waals surface area contributed by atoms with Crippen LogP contribution >= 0.6 is 23.2 Å². The Morgan fingerprint density at radius 3 is 2.22 bits per heavy atom. The lowest BCUT2D eigenvalue weighted by Crippen LogP contribution is -2.25. The molecule has 2 aromatic carbocycles. The number of ether oxygens (including phenoxy) is 3. The Labute approximate surface area is 197 Å². The standard InChI is InChI=1S/C23H25Cl2N3O4/c1-13-17(14(2)28(27-13)20-7-6-15(24)8-19(20)25)11-23(29)26-12-18-21(31-4)9-16(30-3)10-22(18)32-5/h6-10H,11-12H2,1-5H3,(H,26,29). The number of benzene rings is 2. The van der Waals surface area contributed by atoms with E-state index in [1.807, 2.05) is 13.8 Å². The summed E-state index contributed by atoms with van der Waals surface area (Å²) in [5.74, 6) is 1.59. The molecule has 9 heteroatoms. The van der Waals surface area contributed by atoms with Gasteiger partial charge >= 0.3 is 0 Å². The fraction of sp³-hybridized carbons (Fsp3) is 0.304. The van der Waals surface area contributed by atoms with E-state index >= 15 is 0 Å². The van der Waals surface area contributed by atoms with Crippen LogP contribution in [0.1, 0.15) is 22.5 Å². The number of aryl methyl sites for hydroxylation is 1. The van der Waals surface area contributed by atoms with Crippen LogP contribution in [0.3, 0.4) is 0 Å². The molecular formula is C23H25Cl2N3O4. The minimum Gasteiger partial charge on any atom is -0.496 e. The SMILES string of the molecule is COc1cc(OC)c(CNC(=O)Cc2c(C)nn(-c3ccc(Cl)cc3Cl)c2C)c(OC)c1. The van der Waals surface area contributed by atoms with Crippen LogP contribution < -0.4 is 19.5 Å². The van der Waals surface area contributed by atoms with Gasteiger partial charge in [-0.2, -0.15) is 5.10 Å². The highest BCUT2D eigenvalue weighted by atomic mass is 35.5. The van der Waals surface area contributed by atoms with Crippen LogP contribution in [0.5, 0.6) is 17.2 Å². The van der Waals surface area contributed by atoms with Gasteiger partial charge in [-0.15, -0.1) is 0 Å². The van der Waals surface area contributed by atoms with Crippen molar-refractivity contribution in [3.05, 3.63) is 62.9 Å². The molecule has 0 radical (unpaired) electrons. The van der Waals surface area contributed by atoms with Crippen molar-refractivity contribution in [1.29, 1.82) is 0 Å². The Morgan fingerprint density at radius 2 is 1.66 bits per heavy atom. The molecule has 0 atom stereocenters. The molecule has 32 heavy (non-hydrogen) atoms. The molecule has 3 rings (SSSR count). The topological polar surface area (TPSA) is 74.6 Å². The first-order chi connectivity index (χ1) is 15.3. The Morgan fingerprint density at radius 1 is 1.00 bits per heavy atom. The summed E-state index contributed by atoms with van der Waals surface area (Å²) >= 11 is 12.3. The number of hydrogen-bond acceptors (Lipinski definition) is 5. The Hall–Kier alpha value is -2.90. The number of nitrogens with one attached hydrogen (secondary N) is 1. The number of halogens is 2. The van der Waals surface area contributed by atoms with Crippen LogP contribution in [0.2, 0.25) is 10.0 Å².